The van der Waals surface area contributed by atoms with Gasteiger partial charge in [0.15, 0.2) is 0 Å². The number of unbranched alkanes of at least 4 members (excludes halogenated alkanes) is 8. The lowest BCUT2D eigenvalue weighted by Gasteiger charge is -2.04. The molecule has 0 amide bonds. The minimum Gasteiger partial charge on any atom is -0.394 e. The van der Waals surface area contributed by atoms with Crippen molar-refractivity contribution in [3.8, 4) is 0 Å². The molecule has 0 unspecified atom stereocenters. The number of phosphoric acid groups is 1. The Hall–Kier alpha value is -0.980. The van der Waals surface area contributed by atoms with Gasteiger partial charge in [-0.2, -0.15) is 0 Å². The molecular formula is C20H39O7P. The predicted octanol–water partition coefficient (Wildman–Crippen LogP) is 4.41. The summed E-state index contributed by atoms with van der Waals surface area (Å²) in [6.07, 6.45) is 20.8. The second-order valence-electron chi connectivity index (χ2n) is 6.38. The van der Waals surface area contributed by atoms with Crippen molar-refractivity contribution in [3.05, 3.63) is 24.3 Å². The van der Waals surface area contributed by atoms with E-state index in [1.807, 2.05) is 0 Å². The molecule has 0 saturated heterocycles. The van der Waals surface area contributed by atoms with Gasteiger partial charge in [0.25, 0.3) is 0 Å². The summed E-state index contributed by atoms with van der Waals surface area (Å²) in [6.45, 7) is 1.97. The molecule has 0 aromatic rings. The van der Waals surface area contributed by atoms with Gasteiger partial charge in [0.05, 0.1) is 13.2 Å². The molecule has 0 heterocycles. The number of phosphoric ester groups is 1. The van der Waals surface area contributed by atoms with Crippen LogP contribution in [-0.4, -0.2) is 39.2 Å². The second-order valence-corrected chi connectivity index (χ2v) is 7.55. The Morgan fingerprint density at radius 3 is 1.82 bits per heavy atom. The third-order valence-electron chi connectivity index (χ3n) is 3.65. The Morgan fingerprint density at radius 2 is 1.32 bits per heavy atom. The zero-order valence-electron chi connectivity index (χ0n) is 17.2. The van der Waals surface area contributed by atoms with Gasteiger partial charge in [0.2, 0.25) is 0 Å². The molecule has 0 spiro atoms. The molecule has 0 rings (SSSR count). The highest BCUT2D eigenvalue weighted by Gasteiger charge is 2.19. The maximum Gasteiger partial charge on any atom is 0.526 e. The maximum atomic E-state index is 11.1. The summed E-state index contributed by atoms with van der Waals surface area (Å²) < 4.78 is 14.4. The first-order chi connectivity index (χ1) is 13.4. The van der Waals surface area contributed by atoms with Crippen LogP contribution in [0.2, 0.25) is 0 Å². The van der Waals surface area contributed by atoms with Crippen LogP contribution in [0.5, 0.6) is 0 Å². The average Bonchev–Trinajstić information content (AvgIpc) is 2.63. The molecule has 4 N–H and O–H groups in total. The van der Waals surface area contributed by atoms with Crippen molar-refractivity contribution >= 4 is 13.8 Å². The van der Waals surface area contributed by atoms with E-state index in [0.717, 1.165) is 38.5 Å². The van der Waals surface area contributed by atoms with Gasteiger partial charge in [-0.3, -0.25) is 14.6 Å². The molecule has 7 nitrogen and oxygen atoms in total. The van der Waals surface area contributed by atoms with Gasteiger partial charge in [-0.25, -0.2) is 4.57 Å². The Bertz CT molecular complexity index is 442. The van der Waals surface area contributed by atoms with Crippen LogP contribution < -0.4 is 0 Å². The van der Waals surface area contributed by atoms with Crippen LogP contribution in [0.4, 0.5) is 0 Å². The highest BCUT2D eigenvalue weighted by Crippen LogP contribution is 2.36. The molecule has 0 bridgehead atoms. The quantitative estimate of drug-likeness (QED) is 0.165. The van der Waals surface area contributed by atoms with Crippen LogP contribution in [0.25, 0.3) is 0 Å². The number of hydrogen-bond donors (Lipinski definition) is 4. The number of carbonyl (C=O) groups excluding carboxylic acids is 1. The summed E-state index contributed by atoms with van der Waals surface area (Å²) in [5.74, 6) is -0.825. The molecule has 28 heavy (non-hydrogen) atoms. The number of aliphatic hydroxyl groups excluding tert-OH is 2. The summed E-state index contributed by atoms with van der Waals surface area (Å²) in [5.41, 5.74) is 0. The van der Waals surface area contributed by atoms with E-state index in [9.17, 15) is 9.36 Å². The lowest BCUT2D eigenvalue weighted by atomic mass is 10.1. The first kappa shape index (κ1) is 29.2. The second kappa shape index (κ2) is 22.3. The standard InChI is InChI=1S/C18H33O5P.C2H6O2/c1-2-3-4-5-6-7-8-9-10-11-12-13-14-15-16-17-18(19)23-24(20,21)22;3-1-2-4/h6-7,9-10H,2-5,8,11-17H2,1H3,(H2,20,21,22);3-4H,1-2H2/b7-6-,10-9-;. The minimum atomic E-state index is -4.67. The Balaban J connectivity index is 0. The van der Waals surface area contributed by atoms with E-state index < -0.39 is 13.8 Å². The number of rotatable bonds is 16. The Labute approximate surface area is 169 Å². The van der Waals surface area contributed by atoms with E-state index in [0.29, 0.717) is 6.42 Å². The van der Waals surface area contributed by atoms with Crippen molar-refractivity contribution in [1.82, 2.24) is 0 Å². The van der Waals surface area contributed by atoms with E-state index >= 15 is 0 Å². The fourth-order valence-electron chi connectivity index (χ4n) is 2.26. The van der Waals surface area contributed by atoms with E-state index in [4.69, 9.17) is 20.0 Å². The molecule has 0 saturated carbocycles. The molecule has 0 atom stereocenters. The molecule has 0 radical (unpaired) electrons. The summed E-state index contributed by atoms with van der Waals surface area (Å²) in [6, 6.07) is 0. The monoisotopic (exact) mass is 422 g/mol. The molecule has 0 aliphatic heterocycles. The molecule has 0 aromatic carbocycles. The summed E-state index contributed by atoms with van der Waals surface area (Å²) in [4.78, 5) is 28.0. The van der Waals surface area contributed by atoms with E-state index in [1.54, 1.807) is 0 Å². The molecule has 166 valence electrons. The van der Waals surface area contributed by atoms with Crippen LogP contribution in [0, 0.1) is 0 Å². The maximum absolute atomic E-state index is 11.1. The third kappa shape index (κ3) is 29.8. The van der Waals surface area contributed by atoms with Crippen LogP contribution >= 0.6 is 7.82 Å². The lowest BCUT2D eigenvalue weighted by Crippen LogP contribution is -2.01. The SMILES string of the molecule is CCCCC/C=C\C/C=C\CCCCCCCC(=O)OP(=O)(O)O.OCCO. The minimum absolute atomic E-state index is 0.0651. The summed E-state index contributed by atoms with van der Waals surface area (Å²) in [5, 5.41) is 15.2. The molecule has 0 fully saturated rings. The fourth-order valence-corrected chi connectivity index (χ4v) is 2.62. The van der Waals surface area contributed by atoms with Crippen LogP contribution in [0.3, 0.4) is 0 Å². The molecule has 8 heteroatoms. The van der Waals surface area contributed by atoms with Crippen LogP contribution in [-0.2, 0) is 13.9 Å². The first-order valence-electron chi connectivity index (χ1n) is 10.2. The van der Waals surface area contributed by atoms with Crippen LogP contribution in [0.15, 0.2) is 24.3 Å². The number of carbonyl (C=O) groups is 1. The highest BCUT2D eigenvalue weighted by molar-refractivity contribution is 7.46. The molecule has 0 aliphatic carbocycles. The molecule has 0 aromatic heterocycles. The summed E-state index contributed by atoms with van der Waals surface area (Å²) >= 11 is 0. The van der Waals surface area contributed by atoms with Gasteiger partial charge < -0.3 is 14.7 Å². The van der Waals surface area contributed by atoms with Gasteiger partial charge >= 0.3 is 13.8 Å². The molecule has 0 aliphatic rings. The van der Waals surface area contributed by atoms with Gasteiger partial charge in [-0.1, -0.05) is 63.3 Å². The Kier molecular flexibility index (Phi) is 23.3. The van der Waals surface area contributed by atoms with Gasteiger partial charge in [-0.05, 0) is 38.5 Å². The van der Waals surface area contributed by atoms with Gasteiger partial charge in [0, 0.05) is 6.42 Å². The van der Waals surface area contributed by atoms with Crippen molar-refractivity contribution in [2.75, 3.05) is 13.2 Å². The van der Waals surface area contributed by atoms with Crippen LogP contribution in [0.1, 0.15) is 84.0 Å². The van der Waals surface area contributed by atoms with Gasteiger partial charge in [-0.15, -0.1) is 0 Å². The number of aliphatic hydroxyl groups is 2. The van der Waals surface area contributed by atoms with Gasteiger partial charge in [0.1, 0.15) is 0 Å². The van der Waals surface area contributed by atoms with Crippen molar-refractivity contribution in [2.24, 2.45) is 0 Å². The highest BCUT2D eigenvalue weighted by atomic mass is 31.2. The number of allylic oxidation sites excluding steroid dienone is 4. The zero-order chi connectivity index (χ0) is 21.5. The topological polar surface area (TPSA) is 124 Å². The average molecular weight is 422 g/mol. The lowest BCUT2D eigenvalue weighted by molar-refractivity contribution is -0.135. The van der Waals surface area contributed by atoms with Crippen molar-refractivity contribution < 1.29 is 33.9 Å². The normalized spacial score (nSPS) is 11.6. The van der Waals surface area contributed by atoms with Crippen molar-refractivity contribution in [1.29, 1.82) is 0 Å². The van der Waals surface area contributed by atoms with Crippen molar-refractivity contribution in [3.63, 3.8) is 0 Å². The largest absolute Gasteiger partial charge is 0.526 e. The predicted molar refractivity (Wildman–Crippen MR) is 112 cm³/mol. The first-order valence-corrected chi connectivity index (χ1v) is 11.7. The summed E-state index contributed by atoms with van der Waals surface area (Å²) in [7, 11) is -4.67. The third-order valence-corrected chi connectivity index (χ3v) is 4.09. The molecular weight excluding hydrogens is 383 g/mol. The van der Waals surface area contributed by atoms with Crippen molar-refractivity contribution in [2.45, 2.75) is 84.0 Å². The van der Waals surface area contributed by atoms with E-state index in [2.05, 4.69) is 35.8 Å². The fraction of sp³-hybridized carbons (Fsp3) is 0.750. The Morgan fingerprint density at radius 1 is 0.821 bits per heavy atom. The number of hydrogen-bond acceptors (Lipinski definition) is 5. The smallest absolute Gasteiger partial charge is 0.394 e. The van der Waals surface area contributed by atoms with E-state index in [-0.39, 0.29) is 19.6 Å². The zero-order valence-corrected chi connectivity index (χ0v) is 18.1. The van der Waals surface area contributed by atoms with E-state index in [1.165, 1.54) is 25.7 Å².